The number of hydrogen-bond acceptors (Lipinski definition) is 4. The Morgan fingerprint density at radius 2 is 2.27 bits per heavy atom. The second-order valence-corrected chi connectivity index (χ2v) is 3.57. The Bertz CT molecular complexity index is 286. The molecule has 0 spiro atoms. The van der Waals surface area contributed by atoms with Crippen molar-refractivity contribution >= 4 is 17.6 Å². The first-order chi connectivity index (χ1) is 7.09. The summed E-state index contributed by atoms with van der Waals surface area (Å²) in [5.41, 5.74) is 0. The van der Waals surface area contributed by atoms with E-state index in [-0.39, 0.29) is 18.1 Å². The van der Waals surface area contributed by atoms with Crippen LogP contribution >= 0.6 is 0 Å². The number of aliphatic imine (C=N–C) groups is 1. The molecule has 0 saturated carbocycles. The molecule has 0 atom stereocenters. The van der Waals surface area contributed by atoms with E-state index in [0.29, 0.717) is 32.0 Å². The van der Waals surface area contributed by atoms with E-state index < -0.39 is 0 Å². The Labute approximate surface area is 89.1 Å². The second-order valence-electron chi connectivity index (χ2n) is 3.57. The maximum Gasteiger partial charge on any atom is 0.229 e. The maximum atomic E-state index is 11.4. The van der Waals surface area contributed by atoms with Gasteiger partial charge in [-0.05, 0) is 6.92 Å². The molecule has 0 bridgehead atoms. The fourth-order valence-electron chi connectivity index (χ4n) is 1.27. The van der Waals surface area contributed by atoms with Gasteiger partial charge in [-0.25, -0.2) is 0 Å². The quantitative estimate of drug-likeness (QED) is 0.613. The summed E-state index contributed by atoms with van der Waals surface area (Å²) in [6.07, 6.45) is 0.601. The predicted molar refractivity (Wildman–Crippen MR) is 55.8 cm³/mol. The molecule has 0 aromatic heterocycles. The standard InChI is InChI=1S/C10H16N2O3/c1-8(13)7-10(14)12(2)5-3-9-11-4-6-15-9/h3-7H2,1-2H3. The molecule has 1 rings (SSSR count). The van der Waals surface area contributed by atoms with Gasteiger partial charge in [0.1, 0.15) is 12.4 Å². The summed E-state index contributed by atoms with van der Waals surface area (Å²) >= 11 is 0. The molecule has 0 N–H and O–H groups in total. The van der Waals surface area contributed by atoms with Crippen molar-refractivity contribution in [3.05, 3.63) is 0 Å². The lowest BCUT2D eigenvalue weighted by Crippen LogP contribution is -2.30. The third-order valence-electron chi connectivity index (χ3n) is 2.14. The zero-order valence-electron chi connectivity index (χ0n) is 9.15. The van der Waals surface area contributed by atoms with Gasteiger partial charge in [0.2, 0.25) is 5.91 Å². The van der Waals surface area contributed by atoms with Crippen molar-refractivity contribution in [1.82, 2.24) is 4.90 Å². The summed E-state index contributed by atoms with van der Waals surface area (Å²) in [6, 6.07) is 0. The summed E-state index contributed by atoms with van der Waals surface area (Å²) in [5, 5.41) is 0. The zero-order chi connectivity index (χ0) is 11.3. The third-order valence-corrected chi connectivity index (χ3v) is 2.14. The highest BCUT2D eigenvalue weighted by atomic mass is 16.5. The molecular weight excluding hydrogens is 196 g/mol. The van der Waals surface area contributed by atoms with Crippen molar-refractivity contribution in [2.45, 2.75) is 19.8 Å². The molecule has 0 aromatic carbocycles. The maximum absolute atomic E-state index is 11.4. The smallest absolute Gasteiger partial charge is 0.229 e. The van der Waals surface area contributed by atoms with Crippen molar-refractivity contribution < 1.29 is 14.3 Å². The molecule has 5 heteroatoms. The molecule has 15 heavy (non-hydrogen) atoms. The van der Waals surface area contributed by atoms with Crippen LogP contribution in [0.15, 0.2) is 4.99 Å². The van der Waals surface area contributed by atoms with E-state index in [1.54, 1.807) is 7.05 Å². The molecule has 1 heterocycles. The van der Waals surface area contributed by atoms with Crippen molar-refractivity contribution in [3.63, 3.8) is 0 Å². The fourth-order valence-corrected chi connectivity index (χ4v) is 1.27. The van der Waals surface area contributed by atoms with Gasteiger partial charge in [-0.15, -0.1) is 0 Å². The topological polar surface area (TPSA) is 59.0 Å². The molecular formula is C10H16N2O3. The van der Waals surface area contributed by atoms with Crippen molar-refractivity contribution in [2.75, 3.05) is 26.7 Å². The molecule has 5 nitrogen and oxygen atoms in total. The number of carbonyl (C=O) groups excluding carboxylic acids is 2. The summed E-state index contributed by atoms with van der Waals surface area (Å²) < 4.78 is 5.21. The minimum absolute atomic E-state index is 0.0240. The van der Waals surface area contributed by atoms with Gasteiger partial charge in [0.25, 0.3) is 0 Å². The van der Waals surface area contributed by atoms with Crippen molar-refractivity contribution in [2.24, 2.45) is 4.99 Å². The molecule has 0 unspecified atom stereocenters. The zero-order valence-corrected chi connectivity index (χ0v) is 9.15. The van der Waals surface area contributed by atoms with Crippen LogP contribution in [0.2, 0.25) is 0 Å². The Hall–Kier alpha value is -1.39. The van der Waals surface area contributed by atoms with Gasteiger partial charge >= 0.3 is 0 Å². The Morgan fingerprint density at radius 3 is 2.80 bits per heavy atom. The van der Waals surface area contributed by atoms with Crippen LogP contribution in [0.1, 0.15) is 19.8 Å². The first-order valence-corrected chi connectivity index (χ1v) is 4.99. The average Bonchev–Trinajstić information content (AvgIpc) is 2.65. The van der Waals surface area contributed by atoms with Crippen LogP contribution in [0.4, 0.5) is 0 Å². The lowest BCUT2D eigenvalue weighted by molar-refractivity contribution is -0.133. The van der Waals surface area contributed by atoms with Crippen LogP contribution in [0, 0.1) is 0 Å². The number of nitrogens with zero attached hydrogens (tertiary/aromatic N) is 2. The predicted octanol–water partition coefficient (Wildman–Crippen LogP) is 0.243. The van der Waals surface area contributed by atoms with Crippen LogP contribution in [0.25, 0.3) is 0 Å². The molecule has 0 aliphatic carbocycles. The summed E-state index contributed by atoms with van der Waals surface area (Å²) in [7, 11) is 1.68. The van der Waals surface area contributed by atoms with Crippen LogP contribution in [-0.4, -0.2) is 49.2 Å². The Kier molecular flexibility index (Phi) is 4.27. The number of Topliss-reactive ketones (excluding diaryl/α,β-unsaturated/α-hetero) is 1. The summed E-state index contributed by atoms with van der Waals surface area (Å²) in [6.45, 7) is 3.31. The van der Waals surface area contributed by atoms with Crippen molar-refractivity contribution in [3.8, 4) is 0 Å². The minimum atomic E-state index is -0.152. The van der Waals surface area contributed by atoms with Gasteiger partial charge in [-0.3, -0.25) is 14.6 Å². The molecule has 0 saturated heterocycles. The number of amides is 1. The largest absolute Gasteiger partial charge is 0.479 e. The third kappa shape index (κ3) is 4.10. The number of carbonyl (C=O) groups is 2. The summed E-state index contributed by atoms with van der Waals surface area (Å²) in [4.78, 5) is 27.8. The molecule has 0 aromatic rings. The monoisotopic (exact) mass is 212 g/mol. The highest BCUT2D eigenvalue weighted by Crippen LogP contribution is 2.01. The van der Waals surface area contributed by atoms with Gasteiger partial charge in [0.15, 0.2) is 5.90 Å². The van der Waals surface area contributed by atoms with E-state index >= 15 is 0 Å². The van der Waals surface area contributed by atoms with E-state index in [2.05, 4.69) is 4.99 Å². The first-order valence-electron chi connectivity index (χ1n) is 4.99. The van der Waals surface area contributed by atoms with Gasteiger partial charge in [0, 0.05) is 20.0 Å². The minimum Gasteiger partial charge on any atom is -0.479 e. The van der Waals surface area contributed by atoms with E-state index in [1.165, 1.54) is 11.8 Å². The molecule has 1 aliphatic rings. The number of hydrogen-bond donors (Lipinski definition) is 0. The fraction of sp³-hybridized carbons (Fsp3) is 0.700. The number of ether oxygens (including phenoxy) is 1. The van der Waals surface area contributed by atoms with Crippen LogP contribution in [-0.2, 0) is 14.3 Å². The van der Waals surface area contributed by atoms with E-state index in [9.17, 15) is 9.59 Å². The average molecular weight is 212 g/mol. The SMILES string of the molecule is CC(=O)CC(=O)N(C)CCC1=NCCO1. The molecule has 1 amide bonds. The Morgan fingerprint density at radius 1 is 1.53 bits per heavy atom. The van der Waals surface area contributed by atoms with Gasteiger partial charge < -0.3 is 9.64 Å². The molecule has 1 aliphatic heterocycles. The van der Waals surface area contributed by atoms with Crippen LogP contribution < -0.4 is 0 Å². The van der Waals surface area contributed by atoms with E-state index in [1.807, 2.05) is 0 Å². The van der Waals surface area contributed by atoms with Crippen LogP contribution in [0.3, 0.4) is 0 Å². The van der Waals surface area contributed by atoms with E-state index in [4.69, 9.17) is 4.74 Å². The highest BCUT2D eigenvalue weighted by Gasteiger charge is 2.13. The van der Waals surface area contributed by atoms with Crippen LogP contribution in [0.5, 0.6) is 0 Å². The molecule has 0 fully saturated rings. The highest BCUT2D eigenvalue weighted by molar-refractivity contribution is 5.96. The van der Waals surface area contributed by atoms with Gasteiger partial charge in [-0.2, -0.15) is 0 Å². The number of ketones is 1. The van der Waals surface area contributed by atoms with Crippen molar-refractivity contribution in [1.29, 1.82) is 0 Å². The van der Waals surface area contributed by atoms with Gasteiger partial charge in [-0.1, -0.05) is 0 Å². The summed E-state index contributed by atoms with van der Waals surface area (Å²) in [5.74, 6) is 0.444. The normalized spacial score (nSPS) is 14.4. The lowest BCUT2D eigenvalue weighted by atomic mass is 10.3. The lowest BCUT2D eigenvalue weighted by Gasteiger charge is -2.15. The number of rotatable bonds is 5. The molecule has 0 radical (unpaired) electrons. The Balaban J connectivity index is 2.25. The molecule has 84 valence electrons. The first kappa shape index (κ1) is 11.7. The van der Waals surface area contributed by atoms with Gasteiger partial charge in [0.05, 0.1) is 13.0 Å². The second kappa shape index (κ2) is 5.48. The van der Waals surface area contributed by atoms with E-state index in [0.717, 1.165) is 0 Å².